The fourth-order valence-corrected chi connectivity index (χ4v) is 4.04. The van der Waals surface area contributed by atoms with Crippen LogP contribution in [0.5, 0.6) is 0 Å². The summed E-state index contributed by atoms with van der Waals surface area (Å²) >= 11 is 0. The van der Waals surface area contributed by atoms with Crippen molar-refractivity contribution in [3.63, 3.8) is 0 Å². The van der Waals surface area contributed by atoms with Gasteiger partial charge in [0, 0.05) is 25.7 Å². The van der Waals surface area contributed by atoms with Crippen LogP contribution in [0.3, 0.4) is 0 Å². The van der Waals surface area contributed by atoms with Crippen molar-refractivity contribution in [2.75, 3.05) is 20.1 Å². The average Bonchev–Trinajstić information content (AvgIpc) is 2.28. The van der Waals surface area contributed by atoms with Gasteiger partial charge in [0.15, 0.2) is 0 Å². The van der Waals surface area contributed by atoms with Crippen molar-refractivity contribution >= 4 is 10.2 Å². The molecule has 0 saturated carbocycles. The zero-order chi connectivity index (χ0) is 13.1. The molecule has 0 bridgehead atoms. The first-order valence-corrected chi connectivity index (χ1v) is 7.75. The van der Waals surface area contributed by atoms with Gasteiger partial charge in [-0.3, -0.25) is 0 Å². The van der Waals surface area contributed by atoms with Gasteiger partial charge in [-0.2, -0.15) is 17.0 Å². The third-order valence-corrected chi connectivity index (χ3v) is 5.83. The quantitative estimate of drug-likeness (QED) is 0.797. The summed E-state index contributed by atoms with van der Waals surface area (Å²) in [7, 11) is -1.67. The first kappa shape index (κ1) is 14.9. The van der Waals surface area contributed by atoms with E-state index in [1.165, 1.54) is 4.31 Å². The van der Waals surface area contributed by atoms with Crippen LogP contribution >= 0.6 is 0 Å². The van der Waals surface area contributed by atoms with Gasteiger partial charge in [-0.25, -0.2) is 0 Å². The predicted molar refractivity (Wildman–Crippen MR) is 69.8 cm³/mol. The van der Waals surface area contributed by atoms with Crippen LogP contribution in [0, 0.1) is 0 Å². The van der Waals surface area contributed by atoms with Gasteiger partial charge < -0.3 is 5.73 Å². The van der Waals surface area contributed by atoms with E-state index in [1.807, 2.05) is 13.8 Å². The van der Waals surface area contributed by atoms with Crippen LogP contribution in [-0.4, -0.2) is 49.2 Å². The SMILES string of the molecule is CC(CCN)N(C)S(=O)(=O)N1CCCCC1C. The van der Waals surface area contributed by atoms with Crippen molar-refractivity contribution in [1.29, 1.82) is 0 Å². The number of rotatable bonds is 5. The molecule has 0 aromatic rings. The second-order valence-electron chi connectivity index (χ2n) is 4.91. The van der Waals surface area contributed by atoms with Crippen molar-refractivity contribution in [2.45, 2.75) is 51.6 Å². The second kappa shape index (κ2) is 6.13. The van der Waals surface area contributed by atoms with Crippen LogP contribution < -0.4 is 5.73 Å². The van der Waals surface area contributed by atoms with Crippen LogP contribution in [0.15, 0.2) is 0 Å². The van der Waals surface area contributed by atoms with Crippen LogP contribution in [0.1, 0.15) is 39.5 Å². The molecule has 102 valence electrons. The number of nitrogens with two attached hydrogens (primary N) is 1. The van der Waals surface area contributed by atoms with Gasteiger partial charge in [0.25, 0.3) is 10.2 Å². The van der Waals surface area contributed by atoms with Gasteiger partial charge in [-0.15, -0.1) is 0 Å². The lowest BCUT2D eigenvalue weighted by molar-refractivity contribution is 0.239. The van der Waals surface area contributed by atoms with Crippen molar-refractivity contribution < 1.29 is 8.42 Å². The molecule has 2 N–H and O–H groups in total. The predicted octanol–water partition coefficient (Wildman–Crippen LogP) is 0.775. The molecule has 0 aromatic heterocycles. The molecule has 1 heterocycles. The van der Waals surface area contributed by atoms with E-state index in [4.69, 9.17) is 5.73 Å². The van der Waals surface area contributed by atoms with Gasteiger partial charge in [-0.05, 0) is 39.7 Å². The Kier molecular flexibility index (Phi) is 5.37. The van der Waals surface area contributed by atoms with Crippen molar-refractivity contribution in [2.24, 2.45) is 5.73 Å². The van der Waals surface area contributed by atoms with E-state index in [1.54, 1.807) is 11.4 Å². The van der Waals surface area contributed by atoms with Crippen molar-refractivity contribution in [1.82, 2.24) is 8.61 Å². The first-order valence-electron chi connectivity index (χ1n) is 6.36. The van der Waals surface area contributed by atoms with Gasteiger partial charge in [0.1, 0.15) is 0 Å². The average molecular weight is 263 g/mol. The van der Waals surface area contributed by atoms with Crippen LogP contribution in [0.4, 0.5) is 0 Å². The molecule has 17 heavy (non-hydrogen) atoms. The molecule has 1 saturated heterocycles. The maximum Gasteiger partial charge on any atom is 0.282 e. The highest BCUT2D eigenvalue weighted by atomic mass is 32.2. The Morgan fingerprint density at radius 2 is 2.12 bits per heavy atom. The minimum Gasteiger partial charge on any atom is -0.330 e. The van der Waals surface area contributed by atoms with E-state index >= 15 is 0 Å². The fourth-order valence-electron chi connectivity index (χ4n) is 2.23. The highest BCUT2D eigenvalue weighted by Gasteiger charge is 2.34. The van der Waals surface area contributed by atoms with Crippen molar-refractivity contribution in [3.05, 3.63) is 0 Å². The highest BCUT2D eigenvalue weighted by molar-refractivity contribution is 7.86. The lowest BCUT2D eigenvalue weighted by Gasteiger charge is -2.37. The van der Waals surface area contributed by atoms with E-state index < -0.39 is 10.2 Å². The van der Waals surface area contributed by atoms with E-state index in [9.17, 15) is 8.42 Å². The number of hydrogen-bond donors (Lipinski definition) is 1. The summed E-state index contributed by atoms with van der Waals surface area (Å²) < 4.78 is 27.9. The van der Waals surface area contributed by atoms with Crippen molar-refractivity contribution in [3.8, 4) is 0 Å². The van der Waals surface area contributed by atoms with Gasteiger partial charge in [0.05, 0.1) is 0 Å². The Labute approximate surface area is 105 Å². The van der Waals surface area contributed by atoms with E-state index in [2.05, 4.69) is 0 Å². The molecule has 1 rings (SSSR count). The van der Waals surface area contributed by atoms with E-state index in [0.717, 1.165) is 19.3 Å². The molecular formula is C11H25N3O2S. The number of nitrogens with zero attached hydrogens (tertiary/aromatic N) is 2. The Bertz CT molecular complexity index is 332. The summed E-state index contributed by atoms with van der Waals surface area (Å²) in [5.41, 5.74) is 5.48. The topological polar surface area (TPSA) is 66.6 Å². The molecule has 5 nitrogen and oxygen atoms in total. The smallest absolute Gasteiger partial charge is 0.282 e. The maximum absolute atomic E-state index is 12.4. The third kappa shape index (κ3) is 3.40. The lowest BCUT2D eigenvalue weighted by atomic mass is 10.1. The van der Waals surface area contributed by atoms with E-state index in [0.29, 0.717) is 19.5 Å². The summed E-state index contributed by atoms with van der Waals surface area (Å²) in [6.45, 7) is 5.04. The minimum atomic E-state index is -3.32. The first-order chi connectivity index (χ1) is 7.91. The highest BCUT2D eigenvalue weighted by Crippen LogP contribution is 2.22. The molecule has 0 spiro atoms. The molecule has 0 radical (unpaired) electrons. The molecule has 1 aliphatic heterocycles. The summed E-state index contributed by atoms with van der Waals surface area (Å²) in [6, 6.07) is 0.0698. The van der Waals surface area contributed by atoms with Crippen LogP contribution in [-0.2, 0) is 10.2 Å². The molecule has 6 heteroatoms. The Morgan fingerprint density at radius 1 is 1.47 bits per heavy atom. The fraction of sp³-hybridized carbons (Fsp3) is 1.00. The molecular weight excluding hydrogens is 238 g/mol. The largest absolute Gasteiger partial charge is 0.330 e. The lowest BCUT2D eigenvalue weighted by Crippen LogP contribution is -2.51. The summed E-state index contributed by atoms with van der Waals surface area (Å²) in [5, 5.41) is 0. The molecule has 0 amide bonds. The molecule has 1 aliphatic rings. The van der Waals surface area contributed by atoms with Crippen LogP contribution in [0.2, 0.25) is 0 Å². The number of piperidine rings is 1. The standard InChI is InChI=1S/C11H25N3O2S/c1-10(7-8-12)13(3)17(15,16)14-9-5-4-6-11(14)2/h10-11H,4-9,12H2,1-3H3. The monoisotopic (exact) mass is 263 g/mol. The molecule has 0 aliphatic carbocycles. The summed E-state index contributed by atoms with van der Waals surface area (Å²) in [6.07, 6.45) is 3.73. The second-order valence-corrected chi connectivity index (χ2v) is 6.85. The van der Waals surface area contributed by atoms with Gasteiger partial charge in [-0.1, -0.05) is 6.42 Å². The number of hydrogen-bond acceptors (Lipinski definition) is 3. The van der Waals surface area contributed by atoms with Gasteiger partial charge in [0.2, 0.25) is 0 Å². The molecule has 2 unspecified atom stereocenters. The van der Waals surface area contributed by atoms with E-state index in [-0.39, 0.29) is 12.1 Å². The Balaban J connectivity index is 2.78. The maximum atomic E-state index is 12.4. The molecule has 0 aromatic carbocycles. The zero-order valence-corrected chi connectivity index (χ0v) is 11.9. The normalized spacial score (nSPS) is 25.1. The third-order valence-electron chi connectivity index (χ3n) is 3.61. The Hall–Kier alpha value is -0.170. The molecule has 1 fully saturated rings. The summed E-state index contributed by atoms with van der Waals surface area (Å²) in [5.74, 6) is 0. The summed E-state index contributed by atoms with van der Waals surface area (Å²) in [4.78, 5) is 0. The zero-order valence-electron chi connectivity index (χ0n) is 11.1. The Morgan fingerprint density at radius 3 is 2.65 bits per heavy atom. The minimum absolute atomic E-state index is 0.0425. The molecule has 2 atom stereocenters. The van der Waals surface area contributed by atoms with Crippen LogP contribution in [0.25, 0.3) is 0 Å². The van der Waals surface area contributed by atoms with Gasteiger partial charge >= 0.3 is 0 Å².